The van der Waals surface area contributed by atoms with Crippen molar-refractivity contribution in [3.63, 3.8) is 0 Å². The molecule has 0 radical (unpaired) electrons. The summed E-state index contributed by atoms with van der Waals surface area (Å²) < 4.78 is 4.98. The molecule has 5 heteroatoms. The van der Waals surface area contributed by atoms with Gasteiger partial charge in [0.15, 0.2) is 5.78 Å². The van der Waals surface area contributed by atoms with E-state index >= 15 is 0 Å². The van der Waals surface area contributed by atoms with E-state index in [1.54, 1.807) is 0 Å². The number of carbonyl (C=O) groups excluding carboxylic acids is 1. The van der Waals surface area contributed by atoms with E-state index in [1.807, 2.05) is 30.3 Å². The normalized spacial score (nSPS) is 11.7. The zero-order valence-electron chi connectivity index (χ0n) is 9.71. The third-order valence-electron chi connectivity index (χ3n) is 2.32. The summed E-state index contributed by atoms with van der Waals surface area (Å²) in [6.45, 7) is -0.365. The predicted molar refractivity (Wildman–Crippen MR) is 70.8 cm³/mol. The molecule has 1 aromatic rings. The third kappa shape index (κ3) is 7.97. The summed E-state index contributed by atoms with van der Waals surface area (Å²) in [4.78, 5) is 11.4. The van der Waals surface area contributed by atoms with Crippen molar-refractivity contribution in [1.82, 2.24) is 0 Å². The van der Waals surface area contributed by atoms with Gasteiger partial charge in [0, 0.05) is 6.42 Å². The summed E-state index contributed by atoms with van der Waals surface area (Å²) in [6.07, 6.45) is 0.224. The Bertz CT molecular complexity index is 329. The van der Waals surface area contributed by atoms with E-state index in [4.69, 9.17) is 14.9 Å². The molecule has 1 atom stereocenters. The Morgan fingerprint density at radius 2 is 1.94 bits per heavy atom. The Morgan fingerprint density at radius 3 is 2.56 bits per heavy atom. The van der Waals surface area contributed by atoms with Gasteiger partial charge in [-0.3, -0.25) is 4.79 Å². The van der Waals surface area contributed by atoms with Gasteiger partial charge in [0.05, 0.1) is 13.2 Å². The summed E-state index contributed by atoms with van der Waals surface area (Å²) in [5, 5.41) is 17.5. The van der Waals surface area contributed by atoms with Crippen molar-refractivity contribution in [3.05, 3.63) is 35.9 Å². The summed E-state index contributed by atoms with van der Waals surface area (Å²) in [5.41, 5.74) is 1.12. The van der Waals surface area contributed by atoms with Crippen LogP contribution in [0.1, 0.15) is 12.0 Å². The SMILES string of the molecule is O=C(CCc1ccccc1)COCC(O)CO.[NaH]. The molecular formula is C13H19NaO4. The van der Waals surface area contributed by atoms with Gasteiger partial charge in [-0.2, -0.15) is 0 Å². The molecule has 2 N–H and O–H groups in total. The van der Waals surface area contributed by atoms with E-state index in [9.17, 15) is 4.79 Å². The van der Waals surface area contributed by atoms with Crippen LogP contribution in [0.5, 0.6) is 0 Å². The minimum atomic E-state index is -0.906. The average molecular weight is 262 g/mol. The molecular weight excluding hydrogens is 243 g/mol. The molecule has 0 aliphatic heterocycles. The first-order valence-corrected chi connectivity index (χ1v) is 5.64. The Hall–Kier alpha value is -0.230. The summed E-state index contributed by atoms with van der Waals surface area (Å²) in [5.74, 6) is -0.000933. The molecule has 96 valence electrons. The van der Waals surface area contributed by atoms with E-state index in [0.29, 0.717) is 12.8 Å². The molecule has 0 spiro atoms. The summed E-state index contributed by atoms with van der Waals surface area (Å²) in [6, 6.07) is 9.76. The number of hydrogen-bond acceptors (Lipinski definition) is 4. The van der Waals surface area contributed by atoms with Crippen LogP contribution in [0, 0.1) is 0 Å². The van der Waals surface area contributed by atoms with E-state index in [2.05, 4.69) is 0 Å². The molecule has 0 saturated heterocycles. The molecule has 0 amide bonds. The van der Waals surface area contributed by atoms with Crippen LogP contribution >= 0.6 is 0 Å². The zero-order valence-corrected chi connectivity index (χ0v) is 9.71. The van der Waals surface area contributed by atoms with Gasteiger partial charge in [-0.15, -0.1) is 0 Å². The van der Waals surface area contributed by atoms with Crippen LogP contribution in [0.25, 0.3) is 0 Å². The summed E-state index contributed by atoms with van der Waals surface area (Å²) >= 11 is 0. The molecule has 0 saturated carbocycles. The Labute approximate surface area is 129 Å². The quantitative estimate of drug-likeness (QED) is 0.643. The molecule has 0 aromatic heterocycles. The van der Waals surface area contributed by atoms with Crippen LogP contribution in [0.3, 0.4) is 0 Å². The van der Waals surface area contributed by atoms with Gasteiger partial charge < -0.3 is 14.9 Å². The van der Waals surface area contributed by atoms with Crippen LogP contribution in [-0.2, 0) is 16.0 Å². The van der Waals surface area contributed by atoms with E-state index in [-0.39, 0.29) is 55.2 Å². The van der Waals surface area contributed by atoms with Crippen LogP contribution in [0.2, 0.25) is 0 Å². The number of ether oxygens (including phenoxy) is 1. The number of Topliss-reactive ketones (excluding diaryl/α,β-unsaturated/α-hetero) is 1. The molecule has 0 bridgehead atoms. The predicted octanol–water partition coefficient (Wildman–Crippen LogP) is -0.0904. The van der Waals surface area contributed by atoms with Crippen molar-refractivity contribution < 1.29 is 19.7 Å². The number of aliphatic hydroxyl groups excluding tert-OH is 2. The molecule has 0 aliphatic rings. The molecule has 0 fully saturated rings. The Balaban J connectivity index is 0.00000289. The number of ketones is 1. The van der Waals surface area contributed by atoms with Crippen LogP contribution in [0.4, 0.5) is 0 Å². The van der Waals surface area contributed by atoms with Crippen molar-refractivity contribution in [3.8, 4) is 0 Å². The molecule has 1 unspecified atom stereocenters. The van der Waals surface area contributed by atoms with Crippen molar-refractivity contribution in [2.75, 3.05) is 19.8 Å². The second-order valence-corrected chi connectivity index (χ2v) is 3.88. The van der Waals surface area contributed by atoms with Gasteiger partial charge in [-0.1, -0.05) is 30.3 Å². The number of aliphatic hydroxyl groups is 2. The van der Waals surface area contributed by atoms with Crippen molar-refractivity contribution in [2.45, 2.75) is 18.9 Å². The van der Waals surface area contributed by atoms with Crippen molar-refractivity contribution in [1.29, 1.82) is 0 Å². The molecule has 1 aromatic carbocycles. The van der Waals surface area contributed by atoms with Crippen LogP contribution in [0.15, 0.2) is 30.3 Å². The van der Waals surface area contributed by atoms with Gasteiger partial charge >= 0.3 is 29.6 Å². The number of carbonyl (C=O) groups is 1. The second kappa shape index (κ2) is 10.7. The number of hydrogen-bond donors (Lipinski definition) is 2. The van der Waals surface area contributed by atoms with Gasteiger partial charge in [-0.05, 0) is 12.0 Å². The maximum atomic E-state index is 11.4. The monoisotopic (exact) mass is 262 g/mol. The summed E-state index contributed by atoms with van der Waals surface area (Å²) in [7, 11) is 0. The van der Waals surface area contributed by atoms with Crippen LogP contribution < -0.4 is 0 Å². The third-order valence-corrected chi connectivity index (χ3v) is 2.32. The number of aryl methyl sites for hydroxylation is 1. The van der Waals surface area contributed by atoms with E-state index in [0.717, 1.165) is 5.56 Å². The molecule has 4 nitrogen and oxygen atoms in total. The van der Waals surface area contributed by atoms with E-state index < -0.39 is 6.10 Å². The fraction of sp³-hybridized carbons (Fsp3) is 0.462. The average Bonchev–Trinajstić information content (AvgIpc) is 2.37. The van der Waals surface area contributed by atoms with Gasteiger partial charge in [-0.25, -0.2) is 0 Å². The first-order valence-electron chi connectivity index (χ1n) is 5.64. The molecule has 18 heavy (non-hydrogen) atoms. The van der Waals surface area contributed by atoms with Crippen molar-refractivity contribution in [2.24, 2.45) is 0 Å². The number of rotatable bonds is 8. The van der Waals surface area contributed by atoms with E-state index in [1.165, 1.54) is 0 Å². The topological polar surface area (TPSA) is 66.8 Å². The fourth-order valence-corrected chi connectivity index (χ4v) is 1.36. The minimum absolute atomic E-state index is 0. The van der Waals surface area contributed by atoms with Gasteiger partial charge in [0.1, 0.15) is 12.7 Å². The Kier molecular flexibility index (Phi) is 10.5. The molecule has 1 rings (SSSR count). The second-order valence-electron chi connectivity index (χ2n) is 3.88. The fourth-order valence-electron chi connectivity index (χ4n) is 1.36. The first kappa shape index (κ1) is 17.8. The van der Waals surface area contributed by atoms with Gasteiger partial charge in [0.25, 0.3) is 0 Å². The number of benzene rings is 1. The van der Waals surface area contributed by atoms with Crippen molar-refractivity contribution >= 4 is 35.3 Å². The molecule has 0 aliphatic carbocycles. The molecule has 0 heterocycles. The zero-order chi connectivity index (χ0) is 12.5. The first-order chi connectivity index (χ1) is 8.22. The van der Waals surface area contributed by atoms with Gasteiger partial charge in [0.2, 0.25) is 0 Å². The standard InChI is InChI=1S/C13H18O4.Na.H/c14-8-13(16)10-17-9-12(15)7-6-11-4-2-1-3-5-11;;/h1-5,13-14,16H,6-10H2;;. The Morgan fingerprint density at radius 1 is 1.28 bits per heavy atom. The maximum absolute atomic E-state index is 11.4. The van der Waals surface area contributed by atoms with Crippen LogP contribution in [-0.4, -0.2) is 71.5 Å².